The molecule has 1 saturated carbocycles. The third kappa shape index (κ3) is 3.88. The quantitative estimate of drug-likeness (QED) is 0.801. The molecule has 1 heterocycles. The van der Waals surface area contributed by atoms with Gasteiger partial charge in [0.1, 0.15) is 0 Å². The molecule has 3 atom stereocenters. The summed E-state index contributed by atoms with van der Waals surface area (Å²) in [6.07, 6.45) is 5.43. The van der Waals surface area contributed by atoms with E-state index in [9.17, 15) is 0 Å². The van der Waals surface area contributed by atoms with Gasteiger partial charge in [0.2, 0.25) is 0 Å². The van der Waals surface area contributed by atoms with Crippen molar-refractivity contribution in [3.05, 3.63) is 0 Å². The first kappa shape index (κ1) is 14.7. The molecule has 1 saturated heterocycles. The lowest BCUT2D eigenvalue weighted by Gasteiger charge is -2.41. The predicted molar refractivity (Wildman–Crippen MR) is 80.2 cm³/mol. The number of thioether (sulfide) groups is 1. The monoisotopic (exact) mass is 271 g/mol. The second-order valence-electron chi connectivity index (χ2n) is 6.21. The van der Waals surface area contributed by atoms with E-state index in [1.54, 1.807) is 0 Å². The maximum atomic E-state index is 5.33. The molecule has 1 aliphatic heterocycles. The van der Waals surface area contributed by atoms with E-state index in [1.165, 1.54) is 32.2 Å². The van der Waals surface area contributed by atoms with E-state index in [0.717, 1.165) is 41.6 Å². The first-order valence-corrected chi connectivity index (χ1v) is 8.61. The standard InChI is InChI=1S/C15H29NOS/c1-4-7-16-14-6-5-12(11(2)3)8-15(14)18-13-9-17-10-13/h11-16H,4-10H2,1-3H3. The van der Waals surface area contributed by atoms with Crippen LogP contribution in [0.3, 0.4) is 0 Å². The molecule has 0 radical (unpaired) electrons. The molecule has 0 aromatic carbocycles. The average molecular weight is 271 g/mol. The normalized spacial score (nSPS) is 33.7. The minimum absolute atomic E-state index is 0.741. The summed E-state index contributed by atoms with van der Waals surface area (Å²) in [4.78, 5) is 0. The van der Waals surface area contributed by atoms with Crippen molar-refractivity contribution in [2.24, 2.45) is 11.8 Å². The van der Waals surface area contributed by atoms with Crippen molar-refractivity contribution in [3.8, 4) is 0 Å². The van der Waals surface area contributed by atoms with Gasteiger partial charge in [-0.25, -0.2) is 0 Å². The molecule has 0 bridgehead atoms. The lowest BCUT2D eigenvalue weighted by Crippen LogP contribution is -2.46. The number of hydrogen-bond acceptors (Lipinski definition) is 3. The Hall–Kier alpha value is 0.270. The summed E-state index contributed by atoms with van der Waals surface area (Å²) in [5.41, 5.74) is 0. The molecule has 3 unspecified atom stereocenters. The zero-order valence-electron chi connectivity index (χ0n) is 12.2. The fraction of sp³-hybridized carbons (Fsp3) is 1.00. The lowest BCUT2D eigenvalue weighted by atomic mass is 9.79. The van der Waals surface area contributed by atoms with Crippen LogP contribution in [0.1, 0.15) is 46.5 Å². The van der Waals surface area contributed by atoms with E-state index in [-0.39, 0.29) is 0 Å². The smallest absolute Gasteiger partial charge is 0.0608 e. The molecular weight excluding hydrogens is 242 g/mol. The number of nitrogens with one attached hydrogen (secondary N) is 1. The average Bonchev–Trinajstić information content (AvgIpc) is 2.31. The number of hydrogen-bond donors (Lipinski definition) is 1. The van der Waals surface area contributed by atoms with Crippen LogP contribution in [0.5, 0.6) is 0 Å². The highest BCUT2D eigenvalue weighted by Crippen LogP contribution is 2.39. The van der Waals surface area contributed by atoms with Gasteiger partial charge in [0.15, 0.2) is 0 Å². The van der Waals surface area contributed by atoms with Gasteiger partial charge in [0, 0.05) is 11.3 Å². The van der Waals surface area contributed by atoms with Gasteiger partial charge in [-0.15, -0.1) is 11.8 Å². The highest BCUT2D eigenvalue weighted by atomic mass is 32.2. The van der Waals surface area contributed by atoms with Gasteiger partial charge in [-0.3, -0.25) is 0 Å². The Bertz CT molecular complexity index is 243. The van der Waals surface area contributed by atoms with Crippen molar-refractivity contribution in [2.75, 3.05) is 19.8 Å². The maximum absolute atomic E-state index is 5.33. The Morgan fingerprint density at radius 1 is 1.28 bits per heavy atom. The van der Waals surface area contributed by atoms with Crippen molar-refractivity contribution in [3.63, 3.8) is 0 Å². The van der Waals surface area contributed by atoms with Gasteiger partial charge in [-0.1, -0.05) is 20.8 Å². The van der Waals surface area contributed by atoms with Crippen molar-refractivity contribution < 1.29 is 4.74 Å². The van der Waals surface area contributed by atoms with Crippen LogP contribution >= 0.6 is 11.8 Å². The van der Waals surface area contributed by atoms with E-state index in [0.29, 0.717) is 0 Å². The van der Waals surface area contributed by atoms with Crippen LogP contribution in [0.2, 0.25) is 0 Å². The largest absolute Gasteiger partial charge is 0.379 e. The number of ether oxygens (including phenoxy) is 1. The van der Waals surface area contributed by atoms with Gasteiger partial charge in [-0.2, -0.15) is 0 Å². The molecule has 1 N–H and O–H groups in total. The molecule has 0 spiro atoms. The Labute approximate surface area is 117 Å². The number of rotatable bonds is 6. The summed E-state index contributed by atoms with van der Waals surface area (Å²) in [6, 6.07) is 0.741. The summed E-state index contributed by atoms with van der Waals surface area (Å²) in [6.45, 7) is 10.2. The molecule has 2 fully saturated rings. The fourth-order valence-corrected chi connectivity index (χ4v) is 4.64. The van der Waals surface area contributed by atoms with Crippen LogP contribution in [0, 0.1) is 11.8 Å². The molecule has 0 aromatic heterocycles. The van der Waals surface area contributed by atoms with Crippen molar-refractivity contribution in [1.29, 1.82) is 0 Å². The maximum Gasteiger partial charge on any atom is 0.0608 e. The van der Waals surface area contributed by atoms with E-state index in [2.05, 4.69) is 37.8 Å². The summed E-state index contributed by atoms with van der Waals surface area (Å²) >= 11 is 2.20. The van der Waals surface area contributed by atoms with E-state index in [4.69, 9.17) is 4.74 Å². The molecule has 2 rings (SSSR count). The van der Waals surface area contributed by atoms with Crippen LogP contribution in [-0.4, -0.2) is 36.3 Å². The summed E-state index contributed by atoms with van der Waals surface area (Å²) in [5.74, 6) is 1.78. The Kier molecular flexibility index (Phi) is 5.84. The Morgan fingerprint density at radius 3 is 2.61 bits per heavy atom. The molecule has 2 aliphatic rings. The van der Waals surface area contributed by atoms with Crippen molar-refractivity contribution >= 4 is 11.8 Å². The zero-order valence-corrected chi connectivity index (χ0v) is 13.0. The van der Waals surface area contributed by atoms with Crippen LogP contribution in [0.25, 0.3) is 0 Å². The van der Waals surface area contributed by atoms with Gasteiger partial charge >= 0.3 is 0 Å². The van der Waals surface area contributed by atoms with E-state index < -0.39 is 0 Å². The first-order valence-electron chi connectivity index (χ1n) is 7.67. The van der Waals surface area contributed by atoms with E-state index >= 15 is 0 Å². The van der Waals surface area contributed by atoms with Gasteiger partial charge < -0.3 is 10.1 Å². The highest BCUT2D eigenvalue weighted by molar-refractivity contribution is 8.00. The molecular formula is C15H29NOS. The molecule has 0 amide bonds. The first-order chi connectivity index (χ1) is 8.70. The highest BCUT2D eigenvalue weighted by Gasteiger charge is 2.34. The molecule has 3 heteroatoms. The van der Waals surface area contributed by atoms with Crippen LogP contribution in [0.15, 0.2) is 0 Å². The van der Waals surface area contributed by atoms with Crippen molar-refractivity contribution in [2.45, 2.75) is 63.0 Å². The Balaban J connectivity index is 1.87. The zero-order chi connectivity index (χ0) is 13.0. The Morgan fingerprint density at radius 2 is 2.06 bits per heavy atom. The summed E-state index contributed by atoms with van der Waals surface area (Å²) < 4.78 is 5.33. The third-order valence-corrected chi connectivity index (χ3v) is 5.93. The second-order valence-corrected chi connectivity index (χ2v) is 7.76. The van der Waals surface area contributed by atoms with Crippen molar-refractivity contribution in [1.82, 2.24) is 5.32 Å². The SMILES string of the molecule is CCCNC1CCC(C(C)C)CC1SC1COC1. The molecule has 2 nitrogen and oxygen atoms in total. The van der Waals surface area contributed by atoms with Gasteiger partial charge in [0.25, 0.3) is 0 Å². The summed E-state index contributed by atoms with van der Waals surface area (Å²) in [7, 11) is 0. The molecule has 18 heavy (non-hydrogen) atoms. The minimum Gasteiger partial charge on any atom is -0.379 e. The third-order valence-electron chi connectivity index (χ3n) is 4.41. The molecule has 1 aliphatic carbocycles. The van der Waals surface area contributed by atoms with Gasteiger partial charge in [0.05, 0.1) is 18.5 Å². The molecule has 0 aromatic rings. The van der Waals surface area contributed by atoms with Gasteiger partial charge in [-0.05, 0) is 44.1 Å². The van der Waals surface area contributed by atoms with Crippen LogP contribution < -0.4 is 5.32 Å². The summed E-state index contributed by atoms with van der Waals surface area (Å²) in [5, 5.41) is 5.35. The fourth-order valence-electron chi connectivity index (χ4n) is 3.02. The van der Waals surface area contributed by atoms with E-state index in [1.807, 2.05) is 0 Å². The topological polar surface area (TPSA) is 21.3 Å². The van der Waals surface area contributed by atoms with Crippen LogP contribution in [0.4, 0.5) is 0 Å². The predicted octanol–water partition coefficient (Wildman–Crippen LogP) is 3.31. The second kappa shape index (κ2) is 7.16. The van der Waals surface area contributed by atoms with Crippen LogP contribution in [-0.2, 0) is 4.74 Å². The lowest BCUT2D eigenvalue weighted by molar-refractivity contribution is 0.0449. The minimum atomic E-state index is 0.741. The molecule has 106 valence electrons.